The number of hydrogen-bond acceptors (Lipinski definition) is 6. The lowest BCUT2D eigenvalue weighted by molar-refractivity contribution is -0.525. The number of benzene rings is 3. The smallest absolute Gasteiger partial charge is 0.251 e. The van der Waals surface area contributed by atoms with Crippen molar-refractivity contribution in [2.45, 2.75) is 31.2 Å². The number of amides is 2. The van der Waals surface area contributed by atoms with Crippen LogP contribution in [0.1, 0.15) is 35.4 Å². The third-order valence-electron chi connectivity index (χ3n) is 6.20. The highest BCUT2D eigenvalue weighted by molar-refractivity contribution is 5.92. The van der Waals surface area contributed by atoms with E-state index in [2.05, 4.69) is 4.99 Å². The zero-order valence-electron chi connectivity index (χ0n) is 21.3. The van der Waals surface area contributed by atoms with Gasteiger partial charge in [-0.05, 0) is 48.1 Å². The van der Waals surface area contributed by atoms with Crippen LogP contribution in [-0.2, 0) is 16.0 Å². The molecule has 6 N–H and O–H groups in total. The minimum atomic E-state index is -0.954. The number of nitrogens with one attached hydrogen (secondary N) is 1. The number of hydrazine groups is 1. The highest BCUT2D eigenvalue weighted by atomic mass is 16.7. The van der Waals surface area contributed by atoms with Crippen LogP contribution in [0.5, 0.6) is 5.75 Å². The SMILES string of the molecule is NC(=O)[C@H](CCCN=C(N)N[N+](=O)[O-])N(CCc1ccc(O)cc1)C(=O)C(c1ccccc1)c1ccccc1. The highest BCUT2D eigenvalue weighted by Gasteiger charge is 2.34. The Hall–Kier alpha value is -4.93. The van der Waals surface area contributed by atoms with E-state index >= 15 is 0 Å². The summed E-state index contributed by atoms with van der Waals surface area (Å²) in [4.78, 5) is 42.9. The molecule has 0 heterocycles. The molecule has 3 aromatic rings. The van der Waals surface area contributed by atoms with Crippen molar-refractivity contribution >= 4 is 17.8 Å². The average molecular weight is 533 g/mol. The minimum absolute atomic E-state index is 0.0945. The number of guanidine groups is 1. The van der Waals surface area contributed by atoms with E-state index in [9.17, 15) is 24.8 Å². The zero-order chi connectivity index (χ0) is 28.2. The maximum absolute atomic E-state index is 14.3. The highest BCUT2D eigenvalue weighted by Crippen LogP contribution is 2.28. The molecule has 11 heteroatoms. The van der Waals surface area contributed by atoms with Crippen molar-refractivity contribution in [1.82, 2.24) is 10.3 Å². The summed E-state index contributed by atoms with van der Waals surface area (Å²) in [5, 5.41) is 19.3. The largest absolute Gasteiger partial charge is 0.508 e. The van der Waals surface area contributed by atoms with Crippen molar-refractivity contribution in [2.75, 3.05) is 13.1 Å². The zero-order valence-corrected chi connectivity index (χ0v) is 21.3. The number of phenolic OH excluding ortho intramolecular Hbond substituents is 1. The first-order valence-corrected chi connectivity index (χ1v) is 12.4. The molecule has 0 bridgehead atoms. The van der Waals surface area contributed by atoms with Gasteiger partial charge in [0, 0.05) is 13.1 Å². The van der Waals surface area contributed by atoms with Gasteiger partial charge in [-0.15, -0.1) is 0 Å². The Bertz CT molecular complexity index is 1230. The fraction of sp³-hybridized carbons (Fsp3) is 0.250. The summed E-state index contributed by atoms with van der Waals surface area (Å²) in [5.74, 6) is -1.86. The van der Waals surface area contributed by atoms with Gasteiger partial charge in [0.05, 0.1) is 5.92 Å². The number of nitrogens with zero attached hydrogens (tertiary/aromatic N) is 3. The molecule has 0 saturated heterocycles. The molecule has 0 aromatic heterocycles. The van der Waals surface area contributed by atoms with E-state index in [1.54, 1.807) is 29.7 Å². The van der Waals surface area contributed by atoms with Gasteiger partial charge in [-0.1, -0.05) is 78.2 Å². The number of phenols is 1. The Balaban J connectivity index is 1.92. The van der Waals surface area contributed by atoms with E-state index in [0.717, 1.165) is 16.7 Å². The van der Waals surface area contributed by atoms with E-state index in [0.29, 0.717) is 12.8 Å². The molecule has 2 amide bonds. The molecule has 0 fully saturated rings. The number of carbonyl (C=O) groups excluding carboxylic acids is 2. The summed E-state index contributed by atoms with van der Waals surface area (Å²) < 4.78 is 0. The first kappa shape index (κ1) is 28.6. The fourth-order valence-electron chi connectivity index (χ4n) is 4.33. The van der Waals surface area contributed by atoms with Crippen molar-refractivity contribution in [3.63, 3.8) is 0 Å². The number of nitrogens with two attached hydrogens (primary N) is 2. The first-order valence-electron chi connectivity index (χ1n) is 12.4. The lowest BCUT2D eigenvalue weighted by Crippen LogP contribution is -2.50. The lowest BCUT2D eigenvalue weighted by atomic mass is 9.89. The maximum atomic E-state index is 14.3. The molecule has 0 spiro atoms. The predicted molar refractivity (Wildman–Crippen MR) is 147 cm³/mol. The Morgan fingerprint density at radius 2 is 1.51 bits per heavy atom. The maximum Gasteiger partial charge on any atom is 0.251 e. The first-order chi connectivity index (χ1) is 18.8. The van der Waals surface area contributed by atoms with E-state index in [-0.39, 0.29) is 37.1 Å². The molecule has 0 aliphatic carbocycles. The summed E-state index contributed by atoms with van der Waals surface area (Å²) >= 11 is 0. The van der Waals surface area contributed by atoms with Crippen LogP contribution < -0.4 is 16.9 Å². The van der Waals surface area contributed by atoms with Gasteiger partial charge in [0.25, 0.3) is 5.96 Å². The Morgan fingerprint density at radius 3 is 2.03 bits per heavy atom. The van der Waals surface area contributed by atoms with Gasteiger partial charge in [-0.2, -0.15) is 0 Å². The minimum Gasteiger partial charge on any atom is -0.508 e. The molecule has 3 rings (SSSR count). The van der Waals surface area contributed by atoms with Gasteiger partial charge in [0.2, 0.25) is 11.8 Å². The van der Waals surface area contributed by atoms with Gasteiger partial charge in [0.15, 0.2) is 5.03 Å². The van der Waals surface area contributed by atoms with Gasteiger partial charge >= 0.3 is 0 Å². The number of aromatic hydroxyl groups is 1. The third-order valence-corrected chi connectivity index (χ3v) is 6.20. The number of hydrogen-bond donors (Lipinski definition) is 4. The topological polar surface area (TPSA) is 177 Å². The van der Waals surface area contributed by atoms with Crippen molar-refractivity contribution in [3.05, 3.63) is 112 Å². The van der Waals surface area contributed by atoms with Gasteiger partial charge in [0.1, 0.15) is 11.8 Å². The van der Waals surface area contributed by atoms with Crippen molar-refractivity contribution < 1.29 is 19.7 Å². The van der Waals surface area contributed by atoms with Gasteiger partial charge in [-0.25, -0.2) is 15.1 Å². The quantitative estimate of drug-likeness (QED) is 0.0858. The number of nitro groups is 1. The lowest BCUT2D eigenvalue weighted by Gasteiger charge is -2.33. The van der Waals surface area contributed by atoms with Crippen LogP contribution in [0.3, 0.4) is 0 Å². The molecule has 3 aromatic carbocycles. The standard InChI is InChI=1S/C28H32N6O5/c29-26(36)24(12-7-18-31-28(30)32-34(38)39)33(19-17-20-13-15-23(35)16-14-20)27(37)25(21-8-3-1-4-9-21)22-10-5-2-6-11-22/h1-6,8-11,13-16,24-25,35H,7,12,17-19H2,(H2,29,36)(H3,30,31,32)/t24-/m0/s1. The molecule has 39 heavy (non-hydrogen) atoms. The Labute approximate surface area is 226 Å². The van der Waals surface area contributed by atoms with Crippen molar-refractivity contribution in [1.29, 1.82) is 0 Å². The molecule has 11 nitrogen and oxygen atoms in total. The van der Waals surface area contributed by atoms with Crippen molar-refractivity contribution in [3.8, 4) is 5.75 Å². The van der Waals surface area contributed by atoms with Gasteiger partial charge < -0.3 is 21.5 Å². The van der Waals surface area contributed by atoms with E-state index < -0.39 is 22.9 Å². The van der Waals surface area contributed by atoms with Crippen LogP contribution in [0.25, 0.3) is 0 Å². The van der Waals surface area contributed by atoms with Crippen LogP contribution in [0.2, 0.25) is 0 Å². The Kier molecular flexibility index (Phi) is 10.4. The molecule has 1 atom stereocenters. The molecule has 0 aliphatic rings. The van der Waals surface area contributed by atoms with Gasteiger partial charge in [-0.3, -0.25) is 9.59 Å². The van der Waals surface area contributed by atoms with Crippen LogP contribution in [0.4, 0.5) is 0 Å². The summed E-state index contributed by atoms with van der Waals surface area (Å²) in [6.07, 6.45) is 0.907. The average Bonchev–Trinajstić information content (AvgIpc) is 2.91. The number of carbonyl (C=O) groups is 2. The van der Waals surface area contributed by atoms with Crippen LogP contribution in [0, 0.1) is 10.1 Å². The summed E-state index contributed by atoms with van der Waals surface area (Å²) in [5.41, 5.74) is 15.5. The third kappa shape index (κ3) is 8.56. The van der Waals surface area contributed by atoms with E-state index in [4.69, 9.17) is 11.5 Å². The summed E-state index contributed by atoms with van der Waals surface area (Å²) in [7, 11) is 0. The van der Waals surface area contributed by atoms with Crippen LogP contribution >= 0.6 is 0 Å². The second-order valence-corrected chi connectivity index (χ2v) is 8.90. The second kappa shape index (κ2) is 14.1. The normalized spacial score (nSPS) is 12.1. The Morgan fingerprint density at radius 1 is 0.949 bits per heavy atom. The second-order valence-electron chi connectivity index (χ2n) is 8.90. The van der Waals surface area contributed by atoms with Crippen molar-refractivity contribution in [2.24, 2.45) is 16.5 Å². The molecule has 0 saturated carbocycles. The summed E-state index contributed by atoms with van der Waals surface area (Å²) in [6, 6.07) is 24.3. The molecule has 0 radical (unpaired) electrons. The molecule has 204 valence electrons. The predicted octanol–water partition coefficient (Wildman–Crippen LogP) is 2.33. The van der Waals surface area contributed by atoms with E-state index in [1.807, 2.05) is 60.7 Å². The monoisotopic (exact) mass is 532 g/mol. The van der Waals surface area contributed by atoms with E-state index in [1.165, 1.54) is 4.90 Å². The number of rotatable bonds is 13. The molecular weight excluding hydrogens is 500 g/mol. The van der Waals surface area contributed by atoms with Crippen LogP contribution in [-0.4, -0.2) is 51.9 Å². The number of aliphatic imine (C=N–C) groups is 1. The molecular formula is C28H32N6O5. The fourth-order valence-corrected chi connectivity index (χ4v) is 4.33. The van der Waals surface area contributed by atoms with Crippen LogP contribution in [0.15, 0.2) is 89.9 Å². The molecule has 0 unspecified atom stereocenters. The summed E-state index contributed by atoms with van der Waals surface area (Å²) in [6.45, 7) is 0.291. The number of primary amides is 1. The molecule has 0 aliphatic heterocycles.